The Morgan fingerprint density at radius 3 is 1.56 bits per heavy atom. The highest BCUT2D eigenvalue weighted by molar-refractivity contribution is 7.39. The summed E-state index contributed by atoms with van der Waals surface area (Å²) in [6.45, 7) is 1.53. The van der Waals surface area contributed by atoms with Crippen LogP contribution in [0.5, 0.6) is 0 Å². The van der Waals surface area contributed by atoms with Crippen LogP contribution >= 0.6 is 8.58 Å². The van der Waals surface area contributed by atoms with Gasteiger partial charge in [-0.1, -0.05) is 13.3 Å². The van der Waals surface area contributed by atoms with Gasteiger partial charge < -0.3 is 0 Å². The maximum Gasteiger partial charge on any atom is 0.460 e. The molecule has 18 heavy (non-hydrogen) atoms. The molecular formula is C8H10F9P. The van der Waals surface area contributed by atoms with Crippen LogP contribution in [0.3, 0.4) is 0 Å². The summed E-state index contributed by atoms with van der Waals surface area (Å²) in [7, 11) is -1.99. The van der Waals surface area contributed by atoms with E-state index >= 15 is 0 Å². The maximum atomic E-state index is 12.8. The quantitative estimate of drug-likeness (QED) is 0.372. The molecule has 0 aliphatic rings. The summed E-state index contributed by atoms with van der Waals surface area (Å²) < 4.78 is 111. The minimum absolute atomic E-state index is 0.0434. The smallest absolute Gasteiger partial charge is 0.195 e. The van der Waals surface area contributed by atoms with Crippen molar-refractivity contribution in [2.45, 2.75) is 43.5 Å². The van der Waals surface area contributed by atoms with Gasteiger partial charge in [0.15, 0.2) is 0 Å². The molecule has 0 nitrogen and oxygen atoms in total. The molecule has 0 fully saturated rings. The normalized spacial score (nSPS) is 15.7. The van der Waals surface area contributed by atoms with Crippen LogP contribution in [0.4, 0.5) is 39.5 Å². The Balaban J connectivity index is 5.11. The summed E-state index contributed by atoms with van der Waals surface area (Å²) >= 11 is 0. The van der Waals surface area contributed by atoms with Gasteiger partial charge in [-0.25, -0.2) is 0 Å². The van der Waals surface area contributed by atoms with Gasteiger partial charge in [0.05, 0.1) is 0 Å². The Kier molecular flexibility index (Phi) is 5.37. The molecule has 10 heteroatoms. The van der Waals surface area contributed by atoms with E-state index in [1.54, 1.807) is 0 Å². The summed E-state index contributed by atoms with van der Waals surface area (Å²) in [4.78, 5) is 0. The fourth-order valence-electron chi connectivity index (χ4n) is 0.908. The minimum atomic E-state index is -6.76. The predicted octanol–water partition coefficient (Wildman–Crippen LogP) is 4.89. The first kappa shape index (κ1) is 17.8. The first-order chi connectivity index (χ1) is 7.81. The summed E-state index contributed by atoms with van der Waals surface area (Å²) in [6, 6.07) is 0. The SMILES string of the molecule is CCCCPC(F)(F)C(F)(F)C(F)(F)C(F)(F)F. The lowest BCUT2D eigenvalue weighted by molar-refractivity contribution is -0.381. The molecule has 0 amide bonds. The van der Waals surface area contributed by atoms with Crippen molar-refractivity contribution < 1.29 is 39.5 Å². The molecule has 0 radical (unpaired) electrons. The summed E-state index contributed by atoms with van der Waals surface area (Å²) in [5.41, 5.74) is -5.39. The van der Waals surface area contributed by atoms with Gasteiger partial charge >= 0.3 is 23.7 Å². The number of unbranched alkanes of at least 4 members (excludes halogenated alkanes) is 1. The van der Waals surface area contributed by atoms with Crippen molar-refractivity contribution >= 4 is 8.58 Å². The highest BCUT2D eigenvalue weighted by atomic mass is 31.1. The number of halogens is 9. The lowest BCUT2D eigenvalue weighted by Gasteiger charge is -2.33. The average molecular weight is 308 g/mol. The fraction of sp³-hybridized carbons (Fsp3) is 1.00. The first-order valence-electron chi connectivity index (χ1n) is 4.76. The van der Waals surface area contributed by atoms with E-state index in [1.165, 1.54) is 6.92 Å². The van der Waals surface area contributed by atoms with Crippen LogP contribution in [0.1, 0.15) is 19.8 Å². The first-order valence-corrected chi connectivity index (χ1v) is 5.97. The molecule has 1 atom stereocenters. The number of rotatable bonds is 6. The Bertz CT molecular complexity index is 270. The van der Waals surface area contributed by atoms with Crippen molar-refractivity contribution in [1.29, 1.82) is 0 Å². The van der Waals surface area contributed by atoms with Crippen molar-refractivity contribution in [3.8, 4) is 0 Å². The zero-order valence-electron chi connectivity index (χ0n) is 9.02. The van der Waals surface area contributed by atoms with Gasteiger partial charge in [0.2, 0.25) is 0 Å². The van der Waals surface area contributed by atoms with Crippen molar-refractivity contribution in [3.63, 3.8) is 0 Å². The number of hydrogen-bond acceptors (Lipinski definition) is 0. The molecule has 0 aliphatic heterocycles. The van der Waals surface area contributed by atoms with Crippen LogP contribution in [-0.2, 0) is 0 Å². The van der Waals surface area contributed by atoms with E-state index in [-0.39, 0.29) is 6.42 Å². The van der Waals surface area contributed by atoms with Gasteiger partial charge in [-0.15, -0.1) is 0 Å². The molecule has 0 heterocycles. The highest BCUT2D eigenvalue weighted by Crippen LogP contribution is 2.58. The number of hydrogen-bond donors (Lipinski definition) is 0. The molecule has 0 bridgehead atoms. The lowest BCUT2D eigenvalue weighted by atomic mass is 10.1. The molecule has 1 unspecified atom stereocenters. The van der Waals surface area contributed by atoms with Crippen molar-refractivity contribution in [1.82, 2.24) is 0 Å². The Labute approximate surface area is 98.7 Å². The van der Waals surface area contributed by atoms with Crippen molar-refractivity contribution in [2.75, 3.05) is 6.16 Å². The van der Waals surface area contributed by atoms with Crippen LogP contribution in [0.2, 0.25) is 0 Å². The molecule has 0 aromatic heterocycles. The largest absolute Gasteiger partial charge is 0.460 e. The maximum absolute atomic E-state index is 12.8. The van der Waals surface area contributed by atoms with E-state index in [9.17, 15) is 39.5 Å². The summed E-state index contributed by atoms with van der Waals surface area (Å²) in [5.74, 6) is -13.2. The topological polar surface area (TPSA) is 0 Å². The standard InChI is InChI=1S/C8H10F9P/c1-2-3-4-18-8(16,17)6(11,12)5(9,10)7(13,14)15/h18H,2-4H2,1H3. The third kappa shape index (κ3) is 3.22. The molecule has 0 saturated heterocycles. The summed E-state index contributed by atoms with van der Waals surface area (Å²) in [6.07, 6.45) is -6.88. The minimum Gasteiger partial charge on any atom is -0.195 e. The Hall–Kier alpha value is -0.200. The molecule has 0 aliphatic carbocycles. The van der Waals surface area contributed by atoms with Gasteiger partial charge in [-0.2, -0.15) is 39.5 Å². The predicted molar refractivity (Wildman–Crippen MR) is 49.0 cm³/mol. The molecule has 0 spiro atoms. The van der Waals surface area contributed by atoms with Gasteiger partial charge in [-0.3, -0.25) is 0 Å². The molecule has 0 saturated carbocycles. The van der Waals surface area contributed by atoms with Gasteiger partial charge in [-0.05, 0) is 21.2 Å². The van der Waals surface area contributed by atoms with Gasteiger partial charge in [0.1, 0.15) is 0 Å². The van der Waals surface area contributed by atoms with Crippen LogP contribution in [0, 0.1) is 0 Å². The Morgan fingerprint density at radius 2 is 1.22 bits per heavy atom. The zero-order chi connectivity index (χ0) is 14.8. The van der Waals surface area contributed by atoms with Crippen molar-refractivity contribution in [2.24, 2.45) is 0 Å². The molecular weight excluding hydrogens is 298 g/mol. The molecule has 0 aromatic carbocycles. The third-order valence-electron chi connectivity index (χ3n) is 2.02. The fourth-order valence-corrected chi connectivity index (χ4v) is 2.13. The van der Waals surface area contributed by atoms with Crippen molar-refractivity contribution in [3.05, 3.63) is 0 Å². The highest BCUT2D eigenvalue weighted by Gasteiger charge is 2.81. The van der Waals surface area contributed by atoms with E-state index in [4.69, 9.17) is 0 Å². The van der Waals surface area contributed by atoms with E-state index < -0.39 is 38.4 Å². The lowest BCUT2D eigenvalue weighted by Crippen LogP contribution is -2.59. The zero-order valence-corrected chi connectivity index (χ0v) is 10.0. The van der Waals surface area contributed by atoms with Crippen LogP contribution < -0.4 is 0 Å². The van der Waals surface area contributed by atoms with Crippen LogP contribution in [0.15, 0.2) is 0 Å². The number of alkyl halides is 9. The van der Waals surface area contributed by atoms with E-state index in [2.05, 4.69) is 0 Å². The molecule has 110 valence electrons. The van der Waals surface area contributed by atoms with E-state index in [0.29, 0.717) is 6.42 Å². The van der Waals surface area contributed by atoms with Gasteiger partial charge in [0.25, 0.3) is 0 Å². The Morgan fingerprint density at radius 1 is 0.778 bits per heavy atom. The monoisotopic (exact) mass is 308 g/mol. The van der Waals surface area contributed by atoms with E-state index in [0.717, 1.165) is 0 Å². The van der Waals surface area contributed by atoms with E-state index in [1.807, 2.05) is 0 Å². The molecule has 0 rings (SSSR count). The van der Waals surface area contributed by atoms with Crippen LogP contribution in [0.25, 0.3) is 0 Å². The molecule has 0 N–H and O–H groups in total. The second-order valence-electron chi connectivity index (χ2n) is 3.50. The third-order valence-corrected chi connectivity index (χ3v) is 3.38. The van der Waals surface area contributed by atoms with Crippen LogP contribution in [-0.4, -0.2) is 29.8 Å². The second-order valence-corrected chi connectivity index (χ2v) is 4.98. The molecule has 0 aromatic rings. The second kappa shape index (κ2) is 5.43. The average Bonchev–Trinajstić information content (AvgIpc) is 2.15. The van der Waals surface area contributed by atoms with Gasteiger partial charge in [0, 0.05) is 0 Å². The summed E-state index contributed by atoms with van der Waals surface area (Å²) in [5, 5.41) is 0.